The van der Waals surface area contributed by atoms with Crippen molar-refractivity contribution in [2.75, 3.05) is 6.79 Å². The maximum absolute atomic E-state index is 9.74. The van der Waals surface area contributed by atoms with Crippen LogP contribution in [0.2, 0.25) is 5.02 Å². The van der Waals surface area contributed by atoms with Gasteiger partial charge in [-0.05, 0) is 11.6 Å². The number of nitrogens with zero attached hydrogens (tertiary/aromatic N) is 2. The number of halogens is 1. The first kappa shape index (κ1) is 16.6. The Morgan fingerprint density at radius 3 is 2.81 bits per heavy atom. The highest BCUT2D eigenvalue weighted by Gasteiger charge is 2.39. The minimum Gasteiger partial charge on any atom is -0.454 e. The van der Waals surface area contributed by atoms with Gasteiger partial charge in [-0.1, -0.05) is 38.4 Å². The van der Waals surface area contributed by atoms with E-state index >= 15 is 0 Å². The molecule has 134 valence electrons. The quantitative estimate of drug-likeness (QED) is 0.795. The van der Waals surface area contributed by atoms with Crippen LogP contribution in [0.5, 0.6) is 17.4 Å². The van der Waals surface area contributed by atoms with Gasteiger partial charge in [0.1, 0.15) is 11.6 Å². The van der Waals surface area contributed by atoms with Crippen molar-refractivity contribution < 1.29 is 14.2 Å². The highest BCUT2D eigenvalue weighted by Crippen LogP contribution is 2.50. The Kier molecular flexibility index (Phi) is 3.56. The van der Waals surface area contributed by atoms with E-state index in [-0.39, 0.29) is 23.7 Å². The predicted octanol–water partition coefficient (Wildman–Crippen LogP) is 3.31. The molecule has 1 unspecified atom stereocenters. The van der Waals surface area contributed by atoms with Gasteiger partial charge in [0.15, 0.2) is 11.5 Å². The van der Waals surface area contributed by atoms with Crippen molar-refractivity contribution in [3.8, 4) is 23.4 Å². The van der Waals surface area contributed by atoms with Crippen LogP contribution in [0, 0.1) is 11.3 Å². The van der Waals surface area contributed by atoms with E-state index in [1.54, 1.807) is 6.07 Å². The average molecular weight is 373 g/mol. The van der Waals surface area contributed by atoms with Crippen LogP contribution < -0.4 is 19.9 Å². The summed E-state index contributed by atoms with van der Waals surface area (Å²) in [7, 11) is 0. The number of rotatable bonds is 1. The number of aromatic nitrogens is 2. The van der Waals surface area contributed by atoms with E-state index in [4.69, 9.17) is 31.5 Å². The van der Waals surface area contributed by atoms with Crippen molar-refractivity contribution in [2.45, 2.75) is 32.1 Å². The van der Waals surface area contributed by atoms with E-state index in [1.165, 1.54) is 0 Å². The van der Waals surface area contributed by atoms with Gasteiger partial charge < -0.3 is 19.9 Å². The first-order chi connectivity index (χ1) is 12.3. The summed E-state index contributed by atoms with van der Waals surface area (Å²) in [5, 5.41) is 17.4. The van der Waals surface area contributed by atoms with Crippen molar-refractivity contribution in [1.29, 1.82) is 5.26 Å². The fourth-order valence-electron chi connectivity index (χ4n) is 3.30. The van der Waals surface area contributed by atoms with Crippen molar-refractivity contribution in [1.82, 2.24) is 10.2 Å². The Balaban J connectivity index is 1.99. The lowest BCUT2D eigenvalue weighted by Crippen LogP contribution is -2.24. The fourth-order valence-corrected chi connectivity index (χ4v) is 3.62. The largest absolute Gasteiger partial charge is 0.454 e. The van der Waals surface area contributed by atoms with E-state index in [0.29, 0.717) is 28.0 Å². The van der Waals surface area contributed by atoms with Gasteiger partial charge in [0.25, 0.3) is 0 Å². The van der Waals surface area contributed by atoms with Crippen LogP contribution in [-0.2, 0) is 5.41 Å². The minimum atomic E-state index is -0.515. The molecule has 0 aliphatic carbocycles. The zero-order valence-corrected chi connectivity index (χ0v) is 15.3. The molecule has 2 aliphatic heterocycles. The summed E-state index contributed by atoms with van der Waals surface area (Å²) in [6, 6.07) is 5.76. The Labute approximate surface area is 155 Å². The van der Waals surface area contributed by atoms with Gasteiger partial charge in [-0.25, -0.2) is 0 Å². The minimum absolute atomic E-state index is 0.0192. The van der Waals surface area contributed by atoms with Crippen molar-refractivity contribution in [3.05, 3.63) is 45.4 Å². The molecule has 1 atom stereocenters. The third kappa shape index (κ3) is 2.30. The summed E-state index contributed by atoms with van der Waals surface area (Å²) in [5.41, 5.74) is 8.32. The second kappa shape index (κ2) is 5.58. The molecule has 26 heavy (non-hydrogen) atoms. The smallest absolute Gasteiger partial charge is 0.244 e. The first-order valence-electron chi connectivity index (χ1n) is 8.07. The second-order valence-corrected chi connectivity index (χ2v) is 7.57. The highest BCUT2D eigenvalue weighted by atomic mass is 35.5. The lowest BCUT2D eigenvalue weighted by molar-refractivity contribution is 0.174. The van der Waals surface area contributed by atoms with Crippen LogP contribution >= 0.6 is 11.6 Å². The molecular weight excluding hydrogens is 356 g/mol. The summed E-state index contributed by atoms with van der Waals surface area (Å²) in [6.45, 7) is 6.26. The standard InChI is InChI=1S/C18H17ClN4O3/c1-18(2,3)15-12-11(9(6-20)16(21)26-17(12)23-22-15)8-4-5-10-14(13(8)19)25-7-24-10/h4-5,11H,7,21H2,1-3H3,(H,22,23). The number of nitrogens with one attached hydrogen (secondary N) is 1. The van der Waals surface area contributed by atoms with Gasteiger partial charge in [-0.2, -0.15) is 5.26 Å². The number of hydrogen-bond donors (Lipinski definition) is 2. The Bertz CT molecular complexity index is 982. The molecule has 0 radical (unpaired) electrons. The SMILES string of the molecule is CC(C)(C)c1[nH]nc2c1C(c1ccc3c(c1Cl)OCO3)C(C#N)=C(N)O2. The summed E-state index contributed by atoms with van der Waals surface area (Å²) >= 11 is 6.61. The molecule has 3 N–H and O–H groups in total. The van der Waals surface area contributed by atoms with Gasteiger partial charge in [-0.15, -0.1) is 5.10 Å². The lowest BCUT2D eigenvalue weighted by atomic mass is 9.78. The molecule has 8 heteroatoms. The molecule has 0 fully saturated rings. The van der Waals surface area contributed by atoms with Crippen LogP contribution in [0.25, 0.3) is 0 Å². The van der Waals surface area contributed by atoms with Gasteiger partial charge >= 0.3 is 0 Å². The monoisotopic (exact) mass is 372 g/mol. The maximum Gasteiger partial charge on any atom is 0.244 e. The van der Waals surface area contributed by atoms with Crippen LogP contribution in [0.3, 0.4) is 0 Å². The van der Waals surface area contributed by atoms with Crippen molar-refractivity contribution >= 4 is 11.6 Å². The number of aromatic amines is 1. The molecule has 0 bridgehead atoms. The van der Waals surface area contributed by atoms with E-state index in [1.807, 2.05) is 26.8 Å². The number of nitriles is 1. The Morgan fingerprint density at radius 1 is 1.35 bits per heavy atom. The van der Waals surface area contributed by atoms with Gasteiger partial charge in [-0.3, -0.25) is 5.10 Å². The molecule has 4 rings (SSSR count). The van der Waals surface area contributed by atoms with E-state index in [0.717, 1.165) is 11.3 Å². The second-order valence-electron chi connectivity index (χ2n) is 7.19. The van der Waals surface area contributed by atoms with Crippen LogP contribution in [0.1, 0.15) is 43.5 Å². The molecule has 0 spiro atoms. The highest BCUT2D eigenvalue weighted by molar-refractivity contribution is 6.33. The van der Waals surface area contributed by atoms with Crippen LogP contribution in [-0.4, -0.2) is 17.0 Å². The lowest BCUT2D eigenvalue weighted by Gasteiger charge is -2.28. The summed E-state index contributed by atoms with van der Waals surface area (Å²) in [6.07, 6.45) is 0. The molecule has 2 aromatic rings. The average Bonchev–Trinajstić information content (AvgIpc) is 3.20. The molecule has 1 aromatic carbocycles. The van der Waals surface area contributed by atoms with Crippen molar-refractivity contribution in [3.63, 3.8) is 0 Å². The van der Waals surface area contributed by atoms with E-state index < -0.39 is 5.92 Å². The summed E-state index contributed by atoms with van der Waals surface area (Å²) in [5.74, 6) is 0.896. The number of allylic oxidation sites excluding steroid dienone is 1. The number of fused-ring (bicyclic) bond motifs is 2. The van der Waals surface area contributed by atoms with E-state index in [9.17, 15) is 5.26 Å². The van der Waals surface area contributed by atoms with Crippen molar-refractivity contribution in [2.24, 2.45) is 5.73 Å². The molecule has 1 aromatic heterocycles. The third-order valence-electron chi connectivity index (χ3n) is 4.51. The van der Waals surface area contributed by atoms with Crippen LogP contribution in [0.4, 0.5) is 0 Å². The molecule has 7 nitrogen and oxygen atoms in total. The van der Waals surface area contributed by atoms with Crippen LogP contribution in [0.15, 0.2) is 23.6 Å². The molecule has 2 aliphatic rings. The first-order valence-corrected chi connectivity index (χ1v) is 8.45. The number of hydrogen-bond acceptors (Lipinski definition) is 6. The van der Waals surface area contributed by atoms with Gasteiger partial charge in [0.05, 0.1) is 16.5 Å². The zero-order chi connectivity index (χ0) is 18.6. The topological polar surface area (TPSA) is 106 Å². The third-order valence-corrected chi connectivity index (χ3v) is 4.90. The summed E-state index contributed by atoms with van der Waals surface area (Å²) in [4.78, 5) is 0. The number of H-pyrrole nitrogens is 1. The Morgan fingerprint density at radius 2 is 2.12 bits per heavy atom. The number of nitrogens with two attached hydrogens (primary N) is 1. The maximum atomic E-state index is 9.74. The Hall–Kier alpha value is -2.85. The molecule has 3 heterocycles. The normalized spacial score (nSPS) is 18.3. The molecular formula is C18H17ClN4O3. The van der Waals surface area contributed by atoms with Gasteiger partial charge in [0, 0.05) is 11.1 Å². The molecule has 0 saturated heterocycles. The molecule has 0 saturated carbocycles. The fraction of sp³-hybridized carbons (Fsp3) is 0.333. The number of ether oxygens (including phenoxy) is 3. The predicted molar refractivity (Wildman–Crippen MR) is 94.2 cm³/mol. The molecule has 0 amide bonds. The van der Waals surface area contributed by atoms with Gasteiger partial charge in [0.2, 0.25) is 18.6 Å². The summed E-state index contributed by atoms with van der Waals surface area (Å²) < 4.78 is 16.4. The zero-order valence-electron chi connectivity index (χ0n) is 14.5. The number of benzene rings is 1. The van der Waals surface area contributed by atoms with E-state index in [2.05, 4.69) is 16.3 Å².